The number of carbonyl (C=O) groups excluding carboxylic acids is 1. The van der Waals surface area contributed by atoms with E-state index in [0.29, 0.717) is 18.8 Å². The summed E-state index contributed by atoms with van der Waals surface area (Å²) in [6, 6.07) is 1.77. The van der Waals surface area contributed by atoms with Crippen LogP contribution in [0.4, 0.5) is 0 Å². The third kappa shape index (κ3) is 3.57. The lowest BCUT2D eigenvalue weighted by molar-refractivity contribution is -0.122. The highest BCUT2D eigenvalue weighted by molar-refractivity contribution is 5.76. The summed E-state index contributed by atoms with van der Waals surface area (Å²) in [4.78, 5) is 31.5. The molecule has 2 aliphatic carbocycles. The van der Waals surface area contributed by atoms with Gasteiger partial charge in [-0.1, -0.05) is 5.16 Å². The molecule has 0 atom stereocenters. The predicted octanol–water partition coefficient (Wildman–Crippen LogP) is 2.25. The van der Waals surface area contributed by atoms with Crippen molar-refractivity contribution in [2.24, 2.45) is 0 Å². The van der Waals surface area contributed by atoms with Gasteiger partial charge in [-0.15, -0.1) is 0 Å². The van der Waals surface area contributed by atoms with Crippen LogP contribution in [-0.4, -0.2) is 27.1 Å². The predicted molar refractivity (Wildman–Crippen MR) is 95.0 cm³/mol. The summed E-state index contributed by atoms with van der Waals surface area (Å²) >= 11 is 0. The van der Waals surface area contributed by atoms with Gasteiger partial charge in [-0.25, -0.2) is 4.98 Å². The quantitative estimate of drug-likeness (QED) is 0.827. The van der Waals surface area contributed by atoms with Crippen molar-refractivity contribution in [3.05, 3.63) is 45.0 Å². The third-order valence-electron chi connectivity index (χ3n) is 5.45. The van der Waals surface area contributed by atoms with E-state index in [4.69, 9.17) is 4.52 Å². The Balaban J connectivity index is 1.27. The Morgan fingerprint density at radius 1 is 1.31 bits per heavy atom. The van der Waals surface area contributed by atoms with Crippen LogP contribution in [0.3, 0.4) is 0 Å². The van der Waals surface area contributed by atoms with Crippen molar-refractivity contribution >= 4 is 5.91 Å². The van der Waals surface area contributed by atoms with Gasteiger partial charge in [-0.2, -0.15) is 0 Å². The normalized spacial score (nSPS) is 22.1. The molecule has 0 bridgehead atoms. The summed E-state index contributed by atoms with van der Waals surface area (Å²) in [7, 11) is 0. The molecule has 0 unspecified atom stereocenters. The molecule has 7 nitrogen and oxygen atoms in total. The second kappa shape index (κ2) is 6.70. The van der Waals surface area contributed by atoms with Crippen LogP contribution in [0.1, 0.15) is 72.5 Å². The first-order valence-electron chi connectivity index (χ1n) is 9.32. The average molecular weight is 356 g/mol. The molecule has 7 heteroatoms. The molecular weight excluding hydrogens is 332 g/mol. The molecule has 2 fully saturated rings. The monoisotopic (exact) mass is 356 g/mol. The first kappa shape index (κ1) is 17.0. The number of carbonyl (C=O) groups is 1. The van der Waals surface area contributed by atoms with Gasteiger partial charge in [-0.3, -0.25) is 9.59 Å². The SMILES string of the molecule is Cc1noc(C)c1CCC(=O)NC1CC(c2cc(=O)[nH]c(C3CC3)n2)C1. The molecule has 1 amide bonds. The van der Waals surface area contributed by atoms with Crippen LogP contribution < -0.4 is 10.9 Å². The molecule has 4 rings (SSSR count). The van der Waals surface area contributed by atoms with Crippen LogP contribution in [-0.2, 0) is 11.2 Å². The number of H-pyrrole nitrogens is 1. The number of nitrogens with one attached hydrogen (secondary N) is 2. The molecule has 0 spiro atoms. The van der Waals surface area contributed by atoms with E-state index in [2.05, 4.69) is 20.4 Å². The first-order chi connectivity index (χ1) is 12.5. The zero-order valence-corrected chi connectivity index (χ0v) is 15.2. The van der Waals surface area contributed by atoms with Crippen molar-refractivity contribution in [1.29, 1.82) is 0 Å². The molecule has 2 saturated carbocycles. The maximum absolute atomic E-state index is 12.2. The van der Waals surface area contributed by atoms with Crippen molar-refractivity contribution in [2.75, 3.05) is 0 Å². The number of amides is 1. The minimum Gasteiger partial charge on any atom is -0.361 e. The maximum Gasteiger partial charge on any atom is 0.251 e. The molecule has 2 aromatic rings. The highest BCUT2D eigenvalue weighted by Gasteiger charge is 2.34. The van der Waals surface area contributed by atoms with E-state index in [9.17, 15) is 9.59 Å². The number of aromatic amines is 1. The maximum atomic E-state index is 12.2. The Morgan fingerprint density at radius 2 is 2.08 bits per heavy atom. The number of aromatic nitrogens is 3. The zero-order chi connectivity index (χ0) is 18.3. The van der Waals surface area contributed by atoms with Crippen LogP contribution in [0, 0.1) is 13.8 Å². The average Bonchev–Trinajstić information content (AvgIpc) is 3.35. The highest BCUT2D eigenvalue weighted by atomic mass is 16.5. The molecule has 0 radical (unpaired) electrons. The van der Waals surface area contributed by atoms with Crippen LogP contribution in [0.2, 0.25) is 0 Å². The minimum absolute atomic E-state index is 0.0472. The topological polar surface area (TPSA) is 101 Å². The Kier molecular flexibility index (Phi) is 4.38. The van der Waals surface area contributed by atoms with Gasteiger partial charge >= 0.3 is 0 Å². The van der Waals surface area contributed by atoms with Gasteiger partial charge in [0, 0.05) is 35.9 Å². The molecule has 0 saturated heterocycles. The standard InChI is InChI=1S/C19H24N4O3/c1-10-15(11(2)26-23-10)5-6-17(24)20-14-7-13(8-14)16-9-18(25)22-19(21-16)12-3-4-12/h9,12-14H,3-8H2,1-2H3,(H,20,24)(H,21,22,25). The lowest BCUT2D eigenvalue weighted by Crippen LogP contribution is -2.43. The second-order valence-corrected chi connectivity index (χ2v) is 7.57. The Bertz CT molecular complexity index is 856. The summed E-state index contributed by atoms with van der Waals surface area (Å²) in [6.07, 6.45) is 4.99. The molecule has 138 valence electrons. The van der Waals surface area contributed by atoms with Crippen molar-refractivity contribution in [3.8, 4) is 0 Å². The molecule has 2 aromatic heterocycles. The number of hydrogen-bond acceptors (Lipinski definition) is 5. The van der Waals surface area contributed by atoms with E-state index in [1.807, 2.05) is 13.8 Å². The molecule has 0 aliphatic heterocycles. The first-order valence-corrected chi connectivity index (χ1v) is 9.32. The van der Waals surface area contributed by atoms with Crippen molar-refractivity contribution < 1.29 is 9.32 Å². The Hall–Kier alpha value is -2.44. The largest absolute Gasteiger partial charge is 0.361 e. The van der Waals surface area contributed by atoms with E-state index in [0.717, 1.165) is 54.2 Å². The van der Waals surface area contributed by atoms with Gasteiger partial charge < -0.3 is 14.8 Å². The van der Waals surface area contributed by atoms with Crippen LogP contribution in [0.15, 0.2) is 15.4 Å². The fraction of sp³-hybridized carbons (Fsp3) is 0.579. The summed E-state index contributed by atoms with van der Waals surface area (Å²) in [5, 5.41) is 6.99. The van der Waals surface area contributed by atoms with Gasteiger partial charge in [-0.05, 0) is 46.0 Å². The van der Waals surface area contributed by atoms with Crippen molar-refractivity contribution in [3.63, 3.8) is 0 Å². The number of nitrogens with zero attached hydrogens (tertiary/aromatic N) is 2. The van der Waals surface area contributed by atoms with Crippen LogP contribution in [0.5, 0.6) is 0 Å². The van der Waals surface area contributed by atoms with Crippen LogP contribution in [0.25, 0.3) is 0 Å². The van der Waals surface area contributed by atoms with Gasteiger partial charge in [0.1, 0.15) is 11.6 Å². The van der Waals surface area contributed by atoms with Gasteiger partial charge in [0.15, 0.2) is 0 Å². The van der Waals surface area contributed by atoms with E-state index < -0.39 is 0 Å². The fourth-order valence-corrected chi connectivity index (χ4v) is 3.63. The summed E-state index contributed by atoms with van der Waals surface area (Å²) in [5.74, 6) is 2.36. The molecule has 2 heterocycles. The highest BCUT2D eigenvalue weighted by Crippen LogP contribution is 2.40. The number of rotatable bonds is 6. The molecule has 26 heavy (non-hydrogen) atoms. The lowest BCUT2D eigenvalue weighted by Gasteiger charge is -2.35. The summed E-state index contributed by atoms with van der Waals surface area (Å²) in [5.41, 5.74) is 2.68. The molecule has 2 N–H and O–H groups in total. The number of aryl methyl sites for hydroxylation is 2. The molecule has 2 aliphatic rings. The van der Waals surface area contributed by atoms with Gasteiger partial charge in [0.25, 0.3) is 5.56 Å². The molecular formula is C19H24N4O3. The third-order valence-corrected chi connectivity index (χ3v) is 5.45. The Labute approximate surface area is 151 Å². The molecule has 0 aromatic carbocycles. The van der Waals surface area contributed by atoms with Gasteiger partial charge in [0.05, 0.1) is 11.4 Å². The minimum atomic E-state index is -0.0659. The van der Waals surface area contributed by atoms with Crippen molar-refractivity contribution in [2.45, 2.75) is 70.3 Å². The lowest BCUT2D eigenvalue weighted by atomic mass is 9.78. The summed E-state index contributed by atoms with van der Waals surface area (Å²) < 4.78 is 5.13. The van der Waals surface area contributed by atoms with E-state index >= 15 is 0 Å². The van der Waals surface area contributed by atoms with Crippen molar-refractivity contribution in [1.82, 2.24) is 20.4 Å². The zero-order valence-electron chi connectivity index (χ0n) is 15.2. The van der Waals surface area contributed by atoms with Gasteiger partial charge in [0.2, 0.25) is 5.91 Å². The second-order valence-electron chi connectivity index (χ2n) is 7.57. The fourth-order valence-electron chi connectivity index (χ4n) is 3.63. The summed E-state index contributed by atoms with van der Waals surface area (Å²) in [6.45, 7) is 3.76. The van der Waals surface area contributed by atoms with Crippen LogP contribution >= 0.6 is 0 Å². The smallest absolute Gasteiger partial charge is 0.251 e. The Morgan fingerprint density at radius 3 is 2.73 bits per heavy atom. The van der Waals surface area contributed by atoms with E-state index in [1.54, 1.807) is 6.07 Å². The van der Waals surface area contributed by atoms with E-state index in [1.165, 1.54) is 0 Å². The number of hydrogen-bond donors (Lipinski definition) is 2. The van der Waals surface area contributed by atoms with E-state index in [-0.39, 0.29) is 23.4 Å².